The molecule has 24 heavy (non-hydrogen) atoms. The summed E-state index contributed by atoms with van der Waals surface area (Å²) in [5.74, 6) is 0.678. The number of hydrogen-bond donors (Lipinski definition) is 2. The summed E-state index contributed by atoms with van der Waals surface area (Å²) in [4.78, 5) is 12.1. The van der Waals surface area contributed by atoms with Gasteiger partial charge in [-0.25, -0.2) is 0 Å². The van der Waals surface area contributed by atoms with Crippen LogP contribution in [0.2, 0.25) is 0 Å². The first-order valence-electron chi connectivity index (χ1n) is 9.40. The SMILES string of the molecule is NCC(NC(=O)CCCOCCc1ccccc1)C1CCCCC1. The summed E-state index contributed by atoms with van der Waals surface area (Å²) >= 11 is 0. The van der Waals surface area contributed by atoms with Crippen molar-refractivity contribution >= 4 is 5.91 Å². The molecule has 4 nitrogen and oxygen atoms in total. The first-order valence-corrected chi connectivity index (χ1v) is 9.40. The van der Waals surface area contributed by atoms with Crippen molar-refractivity contribution in [2.75, 3.05) is 19.8 Å². The topological polar surface area (TPSA) is 64.3 Å². The minimum absolute atomic E-state index is 0.114. The predicted octanol–water partition coefficient (Wildman–Crippen LogP) is 3.05. The van der Waals surface area contributed by atoms with Crippen LogP contribution >= 0.6 is 0 Å². The Bertz CT molecular complexity index is 458. The lowest BCUT2D eigenvalue weighted by atomic mass is 9.84. The zero-order chi connectivity index (χ0) is 17.0. The Kier molecular flexibility index (Phi) is 8.85. The molecule has 1 aliphatic rings. The van der Waals surface area contributed by atoms with E-state index < -0.39 is 0 Å². The van der Waals surface area contributed by atoms with E-state index >= 15 is 0 Å². The molecule has 2 rings (SSSR count). The largest absolute Gasteiger partial charge is 0.381 e. The van der Waals surface area contributed by atoms with Gasteiger partial charge in [0.25, 0.3) is 0 Å². The van der Waals surface area contributed by atoms with Crippen LogP contribution in [0.5, 0.6) is 0 Å². The van der Waals surface area contributed by atoms with Crippen LogP contribution in [0.4, 0.5) is 0 Å². The second-order valence-electron chi connectivity index (χ2n) is 6.76. The van der Waals surface area contributed by atoms with Crippen molar-refractivity contribution in [3.8, 4) is 0 Å². The number of carbonyl (C=O) groups excluding carboxylic acids is 1. The minimum Gasteiger partial charge on any atom is -0.381 e. The Hall–Kier alpha value is -1.39. The molecule has 0 heterocycles. The maximum absolute atomic E-state index is 12.1. The highest BCUT2D eigenvalue weighted by Crippen LogP contribution is 2.26. The summed E-state index contributed by atoms with van der Waals surface area (Å²) < 4.78 is 5.63. The van der Waals surface area contributed by atoms with E-state index in [-0.39, 0.29) is 11.9 Å². The number of amides is 1. The van der Waals surface area contributed by atoms with Crippen molar-refractivity contribution in [2.24, 2.45) is 11.7 Å². The summed E-state index contributed by atoms with van der Waals surface area (Å²) in [6.07, 6.45) is 8.47. The highest BCUT2D eigenvalue weighted by atomic mass is 16.5. The van der Waals surface area contributed by atoms with Gasteiger partial charge < -0.3 is 15.8 Å². The Morgan fingerprint density at radius 2 is 1.92 bits per heavy atom. The molecular formula is C20H32N2O2. The highest BCUT2D eigenvalue weighted by Gasteiger charge is 2.23. The zero-order valence-electron chi connectivity index (χ0n) is 14.7. The number of carbonyl (C=O) groups is 1. The summed E-state index contributed by atoms with van der Waals surface area (Å²) in [6.45, 7) is 1.89. The molecule has 1 saturated carbocycles. The quantitative estimate of drug-likeness (QED) is 0.647. The van der Waals surface area contributed by atoms with Gasteiger partial charge in [-0.2, -0.15) is 0 Å². The van der Waals surface area contributed by atoms with Gasteiger partial charge in [0.05, 0.1) is 6.61 Å². The van der Waals surface area contributed by atoms with Crippen LogP contribution in [-0.4, -0.2) is 31.7 Å². The standard InChI is InChI=1S/C20H32N2O2/c21-16-19(18-10-5-2-6-11-18)22-20(23)12-7-14-24-15-13-17-8-3-1-4-9-17/h1,3-4,8-9,18-19H,2,5-7,10-16,21H2,(H,22,23). The van der Waals surface area contributed by atoms with Gasteiger partial charge in [-0.05, 0) is 37.2 Å². The van der Waals surface area contributed by atoms with Crippen molar-refractivity contribution in [3.05, 3.63) is 35.9 Å². The monoisotopic (exact) mass is 332 g/mol. The fraction of sp³-hybridized carbons (Fsp3) is 0.650. The van der Waals surface area contributed by atoms with Gasteiger partial charge in [-0.15, -0.1) is 0 Å². The molecule has 0 aliphatic heterocycles. The van der Waals surface area contributed by atoms with Gasteiger partial charge in [-0.3, -0.25) is 4.79 Å². The van der Waals surface area contributed by atoms with E-state index in [1.165, 1.54) is 37.7 Å². The lowest BCUT2D eigenvalue weighted by molar-refractivity contribution is -0.122. The molecule has 1 unspecified atom stereocenters. The van der Waals surface area contributed by atoms with Crippen molar-refractivity contribution in [1.82, 2.24) is 5.32 Å². The van der Waals surface area contributed by atoms with Crippen LogP contribution in [0.3, 0.4) is 0 Å². The van der Waals surface area contributed by atoms with Gasteiger partial charge >= 0.3 is 0 Å². The third kappa shape index (κ3) is 7.02. The third-order valence-electron chi connectivity index (χ3n) is 4.89. The molecule has 1 aromatic rings. The van der Waals surface area contributed by atoms with Crippen LogP contribution in [0.15, 0.2) is 30.3 Å². The van der Waals surface area contributed by atoms with Crippen LogP contribution in [-0.2, 0) is 16.0 Å². The molecule has 0 saturated heterocycles. The molecule has 0 radical (unpaired) electrons. The Morgan fingerprint density at radius 1 is 1.17 bits per heavy atom. The average Bonchev–Trinajstić information content (AvgIpc) is 2.64. The molecule has 0 aromatic heterocycles. The van der Waals surface area contributed by atoms with Crippen molar-refractivity contribution in [1.29, 1.82) is 0 Å². The molecule has 0 spiro atoms. The van der Waals surface area contributed by atoms with Gasteiger partial charge in [0.1, 0.15) is 0 Å². The molecule has 4 heteroatoms. The maximum atomic E-state index is 12.1. The van der Waals surface area contributed by atoms with Gasteiger partial charge in [0.2, 0.25) is 5.91 Å². The molecule has 0 bridgehead atoms. The smallest absolute Gasteiger partial charge is 0.220 e. The van der Waals surface area contributed by atoms with Crippen molar-refractivity contribution in [2.45, 2.75) is 57.4 Å². The summed E-state index contributed by atoms with van der Waals surface area (Å²) in [6, 6.07) is 10.5. The van der Waals surface area contributed by atoms with Gasteiger partial charge in [0.15, 0.2) is 0 Å². The first-order chi connectivity index (χ1) is 11.8. The number of rotatable bonds is 10. The fourth-order valence-electron chi connectivity index (χ4n) is 3.46. The van der Waals surface area contributed by atoms with Crippen molar-refractivity contribution < 1.29 is 9.53 Å². The summed E-state index contributed by atoms with van der Waals surface area (Å²) in [5.41, 5.74) is 7.15. The molecule has 1 atom stereocenters. The predicted molar refractivity (Wildman–Crippen MR) is 97.8 cm³/mol. The maximum Gasteiger partial charge on any atom is 0.220 e. The zero-order valence-corrected chi connectivity index (χ0v) is 14.7. The molecular weight excluding hydrogens is 300 g/mol. The van der Waals surface area contributed by atoms with Crippen LogP contribution in [0.1, 0.15) is 50.5 Å². The first kappa shape index (κ1) is 18.9. The minimum atomic E-state index is 0.114. The van der Waals surface area contributed by atoms with E-state index in [9.17, 15) is 4.79 Å². The Balaban J connectivity index is 1.54. The Labute approximate surface area is 146 Å². The van der Waals surface area contributed by atoms with E-state index in [1.807, 2.05) is 18.2 Å². The molecule has 134 valence electrons. The van der Waals surface area contributed by atoms with E-state index in [2.05, 4.69) is 17.4 Å². The number of hydrogen-bond acceptors (Lipinski definition) is 3. The second-order valence-corrected chi connectivity index (χ2v) is 6.76. The van der Waals surface area contributed by atoms with Gasteiger partial charge in [-0.1, -0.05) is 49.6 Å². The lowest BCUT2D eigenvalue weighted by Gasteiger charge is -2.30. The second kappa shape index (κ2) is 11.2. The molecule has 1 aromatic carbocycles. The van der Waals surface area contributed by atoms with Crippen molar-refractivity contribution in [3.63, 3.8) is 0 Å². The third-order valence-corrected chi connectivity index (χ3v) is 4.89. The summed E-state index contributed by atoms with van der Waals surface area (Å²) in [5, 5.41) is 3.13. The number of nitrogens with two attached hydrogens (primary N) is 1. The Morgan fingerprint density at radius 3 is 2.62 bits per heavy atom. The summed E-state index contributed by atoms with van der Waals surface area (Å²) in [7, 11) is 0. The highest BCUT2D eigenvalue weighted by molar-refractivity contribution is 5.76. The number of benzene rings is 1. The molecule has 1 amide bonds. The van der Waals surface area contributed by atoms with E-state index in [4.69, 9.17) is 10.5 Å². The molecule has 1 aliphatic carbocycles. The van der Waals surface area contributed by atoms with E-state index in [0.29, 0.717) is 32.1 Å². The lowest BCUT2D eigenvalue weighted by Crippen LogP contribution is -2.45. The van der Waals surface area contributed by atoms with Crippen LogP contribution in [0, 0.1) is 5.92 Å². The number of nitrogens with one attached hydrogen (secondary N) is 1. The van der Waals surface area contributed by atoms with Crippen LogP contribution in [0.25, 0.3) is 0 Å². The van der Waals surface area contributed by atoms with E-state index in [1.54, 1.807) is 0 Å². The molecule has 3 N–H and O–H groups in total. The normalized spacial score (nSPS) is 16.7. The number of ether oxygens (including phenoxy) is 1. The van der Waals surface area contributed by atoms with Crippen LogP contribution < -0.4 is 11.1 Å². The van der Waals surface area contributed by atoms with E-state index in [0.717, 1.165) is 12.8 Å². The average molecular weight is 332 g/mol. The fourth-order valence-corrected chi connectivity index (χ4v) is 3.46. The van der Waals surface area contributed by atoms with Gasteiger partial charge in [0, 0.05) is 25.6 Å². The molecule has 1 fully saturated rings.